The first-order chi connectivity index (χ1) is 13.3. The first-order valence-electron chi connectivity index (χ1n) is 9.26. The third-order valence-corrected chi connectivity index (χ3v) is 4.67. The number of nitrogens with zero attached hydrogens (tertiary/aromatic N) is 2. The standard InChI is InChI=1S/C23H22N2O2/c26-23(25(21-10-11-21)16-18-5-2-1-3-6-18)20-8-12-22(13-9-20)27-17-19-7-4-14-24-15-19/h1-9,12-15,21H,10-11,16-17H2. The summed E-state index contributed by atoms with van der Waals surface area (Å²) in [5, 5.41) is 0. The van der Waals surface area contributed by atoms with Crippen LogP contribution in [0.4, 0.5) is 0 Å². The van der Waals surface area contributed by atoms with Crippen LogP contribution in [0.5, 0.6) is 5.75 Å². The molecule has 4 rings (SSSR count). The molecule has 1 heterocycles. The molecule has 3 aromatic rings. The number of ether oxygens (including phenoxy) is 1. The molecular formula is C23H22N2O2. The maximum absolute atomic E-state index is 13.0. The highest BCUT2D eigenvalue weighted by molar-refractivity contribution is 5.94. The summed E-state index contributed by atoms with van der Waals surface area (Å²) in [6.07, 6.45) is 5.70. The summed E-state index contributed by atoms with van der Waals surface area (Å²) in [6.45, 7) is 1.12. The SMILES string of the molecule is O=C(c1ccc(OCc2cccnc2)cc1)N(Cc1ccccc1)C1CC1. The highest BCUT2D eigenvalue weighted by Gasteiger charge is 2.33. The summed E-state index contributed by atoms with van der Waals surface area (Å²) in [5.74, 6) is 0.830. The molecule has 4 heteroatoms. The first-order valence-corrected chi connectivity index (χ1v) is 9.26. The molecule has 0 saturated heterocycles. The van der Waals surface area contributed by atoms with E-state index in [1.807, 2.05) is 59.5 Å². The van der Waals surface area contributed by atoms with Crippen molar-refractivity contribution in [3.05, 3.63) is 95.8 Å². The van der Waals surface area contributed by atoms with E-state index in [9.17, 15) is 4.79 Å². The molecule has 0 atom stereocenters. The maximum atomic E-state index is 13.0. The molecule has 4 nitrogen and oxygen atoms in total. The van der Waals surface area contributed by atoms with Crippen molar-refractivity contribution in [2.45, 2.75) is 32.0 Å². The van der Waals surface area contributed by atoms with Crippen molar-refractivity contribution in [3.8, 4) is 5.75 Å². The van der Waals surface area contributed by atoms with E-state index in [1.165, 1.54) is 0 Å². The Morgan fingerprint density at radius 2 is 1.70 bits per heavy atom. The quantitative estimate of drug-likeness (QED) is 0.626. The summed E-state index contributed by atoms with van der Waals surface area (Å²) in [6, 6.07) is 21.8. The minimum atomic E-state index is 0.0835. The lowest BCUT2D eigenvalue weighted by Gasteiger charge is -2.23. The number of amides is 1. The molecule has 0 radical (unpaired) electrons. The van der Waals surface area contributed by atoms with Gasteiger partial charge in [-0.25, -0.2) is 0 Å². The van der Waals surface area contributed by atoms with Crippen LogP contribution in [0.3, 0.4) is 0 Å². The molecule has 0 bridgehead atoms. The number of carbonyl (C=O) groups is 1. The van der Waals surface area contributed by atoms with Gasteiger partial charge in [-0.2, -0.15) is 0 Å². The average Bonchev–Trinajstić information content (AvgIpc) is 3.57. The van der Waals surface area contributed by atoms with Crippen molar-refractivity contribution in [1.82, 2.24) is 9.88 Å². The molecule has 1 saturated carbocycles. The summed E-state index contributed by atoms with van der Waals surface area (Å²) in [5.41, 5.74) is 2.88. The lowest BCUT2D eigenvalue weighted by Crippen LogP contribution is -2.32. The predicted octanol–water partition coefficient (Wildman–Crippen LogP) is 4.47. The molecule has 2 aromatic carbocycles. The molecule has 1 aliphatic carbocycles. The Morgan fingerprint density at radius 3 is 2.37 bits per heavy atom. The van der Waals surface area contributed by atoms with Crippen molar-refractivity contribution >= 4 is 5.91 Å². The van der Waals surface area contributed by atoms with Crippen molar-refractivity contribution in [2.24, 2.45) is 0 Å². The van der Waals surface area contributed by atoms with E-state index < -0.39 is 0 Å². The van der Waals surface area contributed by atoms with Crippen LogP contribution in [0.1, 0.15) is 34.3 Å². The van der Waals surface area contributed by atoms with Crippen LogP contribution in [-0.4, -0.2) is 21.8 Å². The Labute approximate surface area is 159 Å². The van der Waals surface area contributed by atoms with Crippen LogP contribution < -0.4 is 4.74 Å². The fraction of sp³-hybridized carbons (Fsp3) is 0.217. The number of hydrogen-bond acceptors (Lipinski definition) is 3. The number of carbonyl (C=O) groups excluding carboxylic acids is 1. The molecule has 1 aromatic heterocycles. The minimum absolute atomic E-state index is 0.0835. The van der Waals surface area contributed by atoms with Crippen LogP contribution in [0.2, 0.25) is 0 Å². The van der Waals surface area contributed by atoms with Gasteiger partial charge < -0.3 is 9.64 Å². The summed E-state index contributed by atoms with van der Waals surface area (Å²) < 4.78 is 5.78. The maximum Gasteiger partial charge on any atom is 0.254 e. The van der Waals surface area contributed by atoms with Gasteiger partial charge in [0, 0.05) is 36.1 Å². The second-order valence-corrected chi connectivity index (χ2v) is 6.82. The van der Waals surface area contributed by atoms with E-state index in [2.05, 4.69) is 17.1 Å². The molecule has 27 heavy (non-hydrogen) atoms. The lowest BCUT2D eigenvalue weighted by molar-refractivity contribution is 0.0730. The normalized spacial score (nSPS) is 13.2. The summed E-state index contributed by atoms with van der Waals surface area (Å²) in [7, 11) is 0. The fourth-order valence-corrected chi connectivity index (χ4v) is 3.04. The topological polar surface area (TPSA) is 42.4 Å². The van der Waals surface area contributed by atoms with Gasteiger partial charge in [-0.15, -0.1) is 0 Å². The third kappa shape index (κ3) is 4.53. The van der Waals surface area contributed by atoms with Gasteiger partial charge in [0.15, 0.2) is 0 Å². The molecule has 136 valence electrons. The van der Waals surface area contributed by atoms with Gasteiger partial charge in [0.2, 0.25) is 0 Å². The van der Waals surface area contributed by atoms with E-state index in [4.69, 9.17) is 4.74 Å². The van der Waals surface area contributed by atoms with Crippen LogP contribution >= 0.6 is 0 Å². The van der Waals surface area contributed by atoms with Gasteiger partial charge in [0.05, 0.1) is 0 Å². The Kier molecular flexibility index (Phi) is 5.15. The monoisotopic (exact) mass is 358 g/mol. The van der Waals surface area contributed by atoms with Gasteiger partial charge in [-0.05, 0) is 48.7 Å². The number of pyridine rings is 1. The molecule has 0 unspecified atom stereocenters. The van der Waals surface area contributed by atoms with Crippen LogP contribution in [-0.2, 0) is 13.2 Å². The highest BCUT2D eigenvalue weighted by Crippen LogP contribution is 2.30. The molecule has 1 aliphatic rings. The summed E-state index contributed by atoms with van der Waals surface area (Å²) in [4.78, 5) is 19.1. The van der Waals surface area contributed by atoms with E-state index in [0.29, 0.717) is 24.8 Å². The second-order valence-electron chi connectivity index (χ2n) is 6.82. The smallest absolute Gasteiger partial charge is 0.254 e. The number of rotatable bonds is 7. The molecule has 1 fully saturated rings. The number of aromatic nitrogens is 1. The van der Waals surface area contributed by atoms with Crippen LogP contribution in [0.15, 0.2) is 79.1 Å². The van der Waals surface area contributed by atoms with E-state index in [-0.39, 0.29) is 5.91 Å². The molecule has 0 spiro atoms. The molecule has 0 aliphatic heterocycles. The van der Waals surface area contributed by atoms with Gasteiger partial charge in [-0.3, -0.25) is 9.78 Å². The van der Waals surface area contributed by atoms with Crippen molar-refractivity contribution in [3.63, 3.8) is 0 Å². The fourth-order valence-electron chi connectivity index (χ4n) is 3.04. The van der Waals surface area contributed by atoms with Crippen LogP contribution in [0.25, 0.3) is 0 Å². The van der Waals surface area contributed by atoms with Crippen molar-refractivity contribution < 1.29 is 9.53 Å². The van der Waals surface area contributed by atoms with Crippen molar-refractivity contribution in [2.75, 3.05) is 0 Å². The van der Waals surface area contributed by atoms with Gasteiger partial charge in [0.25, 0.3) is 5.91 Å². The summed E-state index contributed by atoms with van der Waals surface area (Å²) >= 11 is 0. The highest BCUT2D eigenvalue weighted by atomic mass is 16.5. The van der Waals surface area contributed by atoms with E-state index >= 15 is 0 Å². The third-order valence-electron chi connectivity index (χ3n) is 4.67. The zero-order valence-electron chi connectivity index (χ0n) is 15.1. The number of benzene rings is 2. The van der Waals surface area contributed by atoms with Gasteiger partial charge in [-0.1, -0.05) is 36.4 Å². The molecule has 1 amide bonds. The Hall–Kier alpha value is -3.14. The number of hydrogen-bond donors (Lipinski definition) is 0. The average molecular weight is 358 g/mol. The largest absolute Gasteiger partial charge is 0.489 e. The van der Waals surface area contributed by atoms with Gasteiger partial charge >= 0.3 is 0 Å². The Balaban J connectivity index is 1.41. The van der Waals surface area contributed by atoms with Crippen LogP contribution in [0, 0.1) is 0 Å². The van der Waals surface area contributed by atoms with Gasteiger partial charge in [0.1, 0.15) is 12.4 Å². The molecular weight excluding hydrogens is 336 g/mol. The Bertz CT molecular complexity index is 875. The molecule has 0 N–H and O–H groups in total. The van der Waals surface area contributed by atoms with E-state index in [0.717, 1.165) is 29.7 Å². The predicted molar refractivity (Wildman–Crippen MR) is 104 cm³/mol. The Morgan fingerprint density at radius 1 is 0.963 bits per heavy atom. The minimum Gasteiger partial charge on any atom is -0.489 e. The second kappa shape index (κ2) is 8.04. The van der Waals surface area contributed by atoms with Crippen molar-refractivity contribution in [1.29, 1.82) is 0 Å². The van der Waals surface area contributed by atoms with E-state index in [1.54, 1.807) is 12.4 Å². The lowest BCUT2D eigenvalue weighted by atomic mass is 10.1. The zero-order valence-corrected chi connectivity index (χ0v) is 15.1. The first kappa shape index (κ1) is 17.3. The zero-order chi connectivity index (χ0) is 18.5.